The van der Waals surface area contributed by atoms with E-state index in [1.807, 2.05) is 0 Å². The van der Waals surface area contributed by atoms with Crippen LogP contribution in [-0.2, 0) is 0 Å². The summed E-state index contributed by atoms with van der Waals surface area (Å²) in [5.74, 6) is 0. The van der Waals surface area contributed by atoms with Crippen molar-refractivity contribution in [2.45, 2.75) is 6.92 Å². The molecule has 0 saturated heterocycles. The summed E-state index contributed by atoms with van der Waals surface area (Å²) in [5.41, 5.74) is 1.37. The van der Waals surface area contributed by atoms with Crippen molar-refractivity contribution in [2.75, 3.05) is 0 Å². The van der Waals surface area contributed by atoms with Crippen molar-refractivity contribution < 1.29 is 0 Å². The van der Waals surface area contributed by atoms with Crippen LogP contribution in [0.15, 0.2) is 24.3 Å². The SMILES string of the molecule is [Li][c]1ccccc1C. The zero-order chi connectivity index (χ0) is 5.98. The first-order chi connectivity index (χ1) is 3.80. The Bertz CT molecular complexity index is 160. The first kappa shape index (κ1) is 5.95. The maximum absolute atomic E-state index is 2.12. The van der Waals surface area contributed by atoms with Crippen LogP contribution in [0.5, 0.6) is 0 Å². The fourth-order valence-corrected chi connectivity index (χ4v) is 0.663. The molecule has 0 fully saturated rings. The quantitative estimate of drug-likeness (QED) is 0.421. The van der Waals surface area contributed by atoms with Gasteiger partial charge in [-0.2, -0.15) is 0 Å². The van der Waals surface area contributed by atoms with E-state index in [1.165, 1.54) is 9.80 Å². The molecule has 1 aromatic carbocycles. The third kappa shape index (κ3) is 1.15. The molecule has 0 radical (unpaired) electrons. The van der Waals surface area contributed by atoms with Gasteiger partial charge in [0.15, 0.2) is 0 Å². The summed E-state index contributed by atoms with van der Waals surface area (Å²) in [4.78, 5) is 0. The molecule has 1 aromatic rings. The van der Waals surface area contributed by atoms with E-state index in [4.69, 9.17) is 0 Å². The molecule has 0 unspecified atom stereocenters. The molecule has 0 aliphatic heterocycles. The van der Waals surface area contributed by atoms with Crippen LogP contribution in [0.2, 0.25) is 0 Å². The molecule has 1 rings (SSSR count). The third-order valence-electron chi connectivity index (χ3n) is 1.43. The predicted molar refractivity (Wildman–Crippen MR) is 36.6 cm³/mol. The van der Waals surface area contributed by atoms with Gasteiger partial charge in [-0.1, -0.05) is 0 Å². The molecular weight excluding hydrogens is 91.0 g/mol. The van der Waals surface area contributed by atoms with Crippen LogP contribution in [-0.4, -0.2) is 17.7 Å². The fraction of sp³-hybridized carbons (Fsp3) is 0.143. The summed E-state index contributed by atoms with van der Waals surface area (Å²) in [5, 5.41) is 0. The van der Waals surface area contributed by atoms with E-state index in [0.29, 0.717) is 0 Å². The number of benzene rings is 1. The van der Waals surface area contributed by atoms with Gasteiger partial charge in [0.1, 0.15) is 0 Å². The predicted octanol–water partition coefficient (Wildman–Crippen LogP) is 0.789. The molecule has 0 saturated carbocycles. The Morgan fingerprint density at radius 1 is 1.25 bits per heavy atom. The van der Waals surface area contributed by atoms with Crippen molar-refractivity contribution in [3.05, 3.63) is 29.8 Å². The second-order valence-corrected chi connectivity index (χ2v) is 2.08. The van der Waals surface area contributed by atoms with Crippen LogP contribution < -0.4 is 4.24 Å². The Morgan fingerprint density at radius 3 is 2.25 bits per heavy atom. The zero-order valence-corrected chi connectivity index (χ0v) is 5.31. The number of hydrogen-bond donors (Lipinski definition) is 0. The van der Waals surface area contributed by atoms with E-state index in [1.54, 1.807) is 0 Å². The zero-order valence-electron chi connectivity index (χ0n) is 5.31. The topological polar surface area (TPSA) is 0 Å². The molecule has 0 aliphatic carbocycles. The van der Waals surface area contributed by atoms with E-state index < -0.39 is 0 Å². The second kappa shape index (κ2) is 2.39. The molecule has 36 valence electrons. The Balaban J connectivity index is 3.13. The van der Waals surface area contributed by atoms with Crippen LogP contribution in [0.4, 0.5) is 0 Å². The van der Waals surface area contributed by atoms with E-state index in [0.717, 1.165) is 0 Å². The van der Waals surface area contributed by atoms with E-state index in [9.17, 15) is 0 Å². The number of hydrogen-bond acceptors (Lipinski definition) is 0. The molecule has 8 heavy (non-hydrogen) atoms. The van der Waals surface area contributed by atoms with Crippen LogP contribution in [0.3, 0.4) is 0 Å². The summed E-state index contributed by atoms with van der Waals surface area (Å²) in [7, 11) is 0. The van der Waals surface area contributed by atoms with Crippen molar-refractivity contribution in [3.8, 4) is 0 Å². The van der Waals surface area contributed by atoms with Crippen molar-refractivity contribution in [2.24, 2.45) is 0 Å². The monoisotopic (exact) mass is 98.1 g/mol. The summed E-state index contributed by atoms with van der Waals surface area (Å²) in [6.07, 6.45) is 0. The number of rotatable bonds is 0. The molecule has 0 aromatic heterocycles. The molecule has 0 aliphatic rings. The number of aryl methyl sites for hydroxylation is 1. The minimum atomic E-state index is 1.37. The van der Waals surface area contributed by atoms with Gasteiger partial charge in [-0.05, 0) is 0 Å². The summed E-state index contributed by atoms with van der Waals surface area (Å²) in [6, 6.07) is 8.36. The average Bonchev–Trinajstić information content (AvgIpc) is 1.77. The Labute approximate surface area is 59.1 Å². The molecule has 0 atom stereocenters. The molecular formula is C7H7Li. The Kier molecular flexibility index (Phi) is 1.78. The average molecular weight is 98.1 g/mol. The van der Waals surface area contributed by atoms with Gasteiger partial charge in [-0.25, -0.2) is 0 Å². The van der Waals surface area contributed by atoms with Crippen molar-refractivity contribution in [3.63, 3.8) is 0 Å². The third-order valence-corrected chi connectivity index (χ3v) is 1.43. The summed E-state index contributed by atoms with van der Waals surface area (Å²) in [6.45, 7) is 2.12. The van der Waals surface area contributed by atoms with Gasteiger partial charge in [0.2, 0.25) is 0 Å². The van der Waals surface area contributed by atoms with Crippen molar-refractivity contribution in [1.29, 1.82) is 0 Å². The molecule has 0 spiro atoms. The normalized spacial score (nSPS) is 9.38. The van der Waals surface area contributed by atoms with Crippen molar-refractivity contribution in [1.82, 2.24) is 0 Å². The second-order valence-electron chi connectivity index (χ2n) is 2.08. The fourth-order valence-electron chi connectivity index (χ4n) is 0.663. The maximum atomic E-state index is 2.12. The van der Waals surface area contributed by atoms with Crippen LogP contribution >= 0.6 is 0 Å². The van der Waals surface area contributed by atoms with Crippen molar-refractivity contribution >= 4 is 22.0 Å². The Morgan fingerprint density at radius 2 is 1.88 bits per heavy atom. The molecule has 0 N–H and O–H groups in total. The standard InChI is InChI=1S/C7H7.Li/c1-7-5-3-2-4-6-7;/h2-5H,1H3;. The van der Waals surface area contributed by atoms with Crippen LogP contribution in [0.25, 0.3) is 0 Å². The molecule has 0 bridgehead atoms. The van der Waals surface area contributed by atoms with Gasteiger partial charge in [-0.15, -0.1) is 0 Å². The van der Waals surface area contributed by atoms with E-state index >= 15 is 0 Å². The minimum absolute atomic E-state index is 1.37. The summed E-state index contributed by atoms with van der Waals surface area (Å²) >= 11 is 2.12. The van der Waals surface area contributed by atoms with Gasteiger partial charge < -0.3 is 0 Å². The first-order valence-electron chi connectivity index (χ1n) is 2.83. The Hall–Kier alpha value is -0.183. The van der Waals surface area contributed by atoms with Crippen LogP contribution in [0.1, 0.15) is 5.56 Å². The van der Waals surface area contributed by atoms with Gasteiger partial charge in [0, 0.05) is 0 Å². The van der Waals surface area contributed by atoms with Crippen LogP contribution in [0, 0.1) is 6.92 Å². The molecule has 0 nitrogen and oxygen atoms in total. The van der Waals surface area contributed by atoms with Gasteiger partial charge >= 0.3 is 58.7 Å². The molecule has 0 heterocycles. The van der Waals surface area contributed by atoms with Gasteiger partial charge in [0.25, 0.3) is 0 Å². The van der Waals surface area contributed by atoms with Gasteiger partial charge in [-0.3, -0.25) is 0 Å². The molecule has 0 amide bonds. The van der Waals surface area contributed by atoms with Gasteiger partial charge in [0.05, 0.1) is 0 Å². The van der Waals surface area contributed by atoms with E-state index in [-0.39, 0.29) is 0 Å². The first-order valence-corrected chi connectivity index (χ1v) is 2.83. The molecule has 1 heteroatoms. The summed E-state index contributed by atoms with van der Waals surface area (Å²) < 4.78 is 1.37. The van der Waals surface area contributed by atoms with E-state index in [2.05, 4.69) is 48.9 Å².